The Morgan fingerprint density at radius 1 is 1.27 bits per heavy atom. The minimum absolute atomic E-state index is 0.830. The van der Waals surface area contributed by atoms with Crippen molar-refractivity contribution in [1.29, 1.82) is 0 Å². The summed E-state index contributed by atoms with van der Waals surface area (Å²) in [7, 11) is 0. The third-order valence-electron chi connectivity index (χ3n) is 1.48. The van der Waals surface area contributed by atoms with Gasteiger partial charge in [0.1, 0.15) is 11.7 Å². The first-order chi connectivity index (χ1) is 5.04. The van der Waals surface area contributed by atoms with Gasteiger partial charge in [-0.05, 0) is 20.8 Å². The van der Waals surface area contributed by atoms with E-state index >= 15 is 0 Å². The fourth-order valence-electron chi connectivity index (χ4n) is 0.813. The van der Waals surface area contributed by atoms with E-state index in [0.717, 1.165) is 0 Å². The highest BCUT2D eigenvalue weighted by atomic mass is 16.3. The zero-order valence-corrected chi connectivity index (χ0v) is 7.28. The van der Waals surface area contributed by atoms with Crippen LogP contribution in [-0.4, -0.2) is 21.9 Å². The summed E-state index contributed by atoms with van der Waals surface area (Å²) in [5, 5.41) is 18.8. The Balaban J connectivity index is 4.28. The molecule has 0 aliphatic heterocycles. The predicted molar refractivity (Wildman–Crippen MR) is 46.3 cm³/mol. The van der Waals surface area contributed by atoms with Crippen LogP contribution in [-0.2, 0) is 0 Å². The first-order valence-electron chi connectivity index (χ1n) is 3.71. The number of rotatable bonds is 3. The van der Waals surface area contributed by atoms with Crippen molar-refractivity contribution in [3.8, 4) is 0 Å². The van der Waals surface area contributed by atoms with Crippen LogP contribution in [0.4, 0.5) is 0 Å². The number of hydrogen-bond donors (Lipinski definition) is 2. The molecule has 0 aromatic rings. The highest BCUT2D eigenvalue weighted by Gasteiger charge is 2.23. The van der Waals surface area contributed by atoms with Crippen molar-refractivity contribution < 1.29 is 10.2 Å². The summed E-state index contributed by atoms with van der Waals surface area (Å²) in [5.41, 5.74) is -1.15. The van der Waals surface area contributed by atoms with Gasteiger partial charge in [-0.2, -0.15) is 0 Å². The van der Waals surface area contributed by atoms with Crippen molar-refractivity contribution in [3.05, 3.63) is 24.3 Å². The van der Waals surface area contributed by atoms with Gasteiger partial charge in [-0.15, -0.1) is 0 Å². The van der Waals surface area contributed by atoms with Crippen LogP contribution in [0.2, 0.25) is 0 Å². The van der Waals surface area contributed by atoms with Gasteiger partial charge in [-0.1, -0.05) is 24.3 Å². The smallest absolute Gasteiger partial charge is 0.109 e. The van der Waals surface area contributed by atoms with Crippen LogP contribution < -0.4 is 0 Å². The largest absolute Gasteiger partial charge is 0.386 e. The van der Waals surface area contributed by atoms with E-state index in [1.54, 1.807) is 45.1 Å². The van der Waals surface area contributed by atoms with Gasteiger partial charge in [0.15, 0.2) is 0 Å². The molecular formula is C9H16O2. The molecule has 0 aromatic carbocycles. The molecule has 2 unspecified atom stereocenters. The SMILES string of the molecule is C/C=C/C(O)C(C)(O)/C=C/C. The lowest BCUT2D eigenvalue weighted by atomic mass is 9.98. The fraction of sp³-hybridized carbons (Fsp3) is 0.556. The monoisotopic (exact) mass is 156 g/mol. The van der Waals surface area contributed by atoms with Gasteiger partial charge in [-0.25, -0.2) is 0 Å². The highest BCUT2D eigenvalue weighted by Crippen LogP contribution is 2.12. The topological polar surface area (TPSA) is 40.5 Å². The summed E-state index contributed by atoms with van der Waals surface area (Å²) in [6, 6.07) is 0. The van der Waals surface area contributed by atoms with Gasteiger partial charge in [0.2, 0.25) is 0 Å². The van der Waals surface area contributed by atoms with E-state index in [4.69, 9.17) is 0 Å². The molecule has 64 valence electrons. The average molecular weight is 156 g/mol. The molecule has 0 aliphatic rings. The van der Waals surface area contributed by atoms with Crippen molar-refractivity contribution in [1.82, 2.24) is 0 Å². The summed E-state index contributed by atoms with van der Waals surface area (Å²) in [5.74, 6) is 0. The fourth-order valence-corrected chi connectivity index (χ4v) is 0.813. The van der Waals surface area contributed by atoms with E-state index in [2.05, 4.69) is 0 Å². The van der Waals surface area contributed by atoms with Crippen LogP contribution >= 0.6 is 0 Å². The Morgan fingerprint density at radius 3 is 2.18 bits per heavy atom. The number of aliphatic hydroxyl groups is 2. The van der Waals surface area contributed by atoms with E-state index < -0.39 is 11.7 Å². The lowest BCUT2D eigenvalue weighted by Crippen LogP contribution is -2.35. The minimum Gasteiger partial charge on any atom is -0.386 e. The maximum Gasteiger partial charge on any atom is 0.109 e. The lowest BCUT2D eigenvalue weighted by Gasteiger charge is -2.22. The Hall–Kier alpha value is -0.600. The number of aliphatic hydroxyl groups excluding tert-OH is 1. The van der Waals surface area contributed by atoms with Gasteiger partial charge in [0.25, 0.3) is 0 Å². The second kappa shape index (κ2) is 4.31. The molecule has 0 amide bonds. The van der Waals surface area contributed by atoms with Crippen molar-refractivity contribution in [2.45, 2.75) is 32.5 Å². The summed E-state index contributed by atoms with van der Waals surface area (Å²) in [6.45, 7) is 5.17. The Morgan fingerprint density at radius 2 is 1.82 bits per heavy atom. The molecular weight excluding hydrogens is 140 g/mol. The zero-order chi connectivity index (χ0) is 8.91. The van der Waals surface area contributed by atoms with Crippen LogP contribution in [0.1, 0.15) is 20.8 Å². The first-order valence-corrected chi connectivity index (χ1v) is 3.71. The van der Waals surface area contributed by atoms with Gasteiger partial charge in [0, 0.05) is 0 Å². The second-order valence-corrected chi connectivity index (χ2v) is 2.70. The molecule has 0 radical (unpaired) electrons. The molecule has 0 rings (SSSR count). The summed E-state index contributed by atoms with van der Waals surface area (Å²) in [4.78, 5) is 0. The van der Waals surface area contributed by atoms with E-state index in [-0.39, 0.29) is 0 Å². The molecule has 2 nitrogen and oxygen atoms in total. The Bertz CT molecular complexity index is 157. The average Bonchev–Trinajstić information content (AvgIpc) is 1.88. The summed E-state index contributed by atoms with van der Waals surface area (Å²) < 4.78 is 0. The molecule has 0 aromatic heterocycles. The van der Waals surface area contributed by atoms with E-state index in [1.807, 2.05) is 0 Å². The number of allylic oxidation sites excluding steroid dienone is 2. The van der Waals surface area contributed by atoms with Crippen molar-refractivity contribution in [2.75, 3.05) is 0 Å². The normalized spacial score (nSPS) is 20.8. The van der Waals surface area contributed by atoms with Crippen molar-refractivity contribution in [2.24, 2.45) is 0 Å². The van der Waals surface area contributed by atoms with Crippen LogP contribution in [0.3, 0.4) is 0 Å². The maximum atomic E-state index is 9.53. The molecule has 0 heterocycles. The van der Waals surface area contributed by atoms with Gasteiger partial charge < -0.3 is 10.2 Å². The van der Waals surface area contributed by atoms with E-state index in [0.29, 0.717) is 0 Å². The van der Waals surface area contributed by atoms with Crippen LogP contribution in [0.15, 0.2) is 24.3 Å². The molecule has 0 spiro atoms. The third-order valence-corrected chi connectivity index (χ3v) is 1.48. The van der Waals surface area contributed by atoms with Crippen LogP contribution in [0, 0.1) is 0 Å². The van der Waals surface area contributed by atoms with Crippen LogP contribution in [0.25, 0.3) is 0 Å². The lowest BCUT2D eigenvalue weighted by molar-refractivity contribution is 0.000490. The van der Waals surface area contributed by atoms with Crippen molar-refractivity contribution in [3.63, 3.8) is 0 Å². The predicted octanol–water partition coefficient (Wildman–Crippen LogP) is 1.25. The Labute approximate surface area is 67.9 Å². The van der Waals surface area contributed by atoms with E-state index in [9.17, 15) is 10.2 Å². The van der Waals surface area contributed by atoms with Gasteiger partial charge in [-0.3, -0.25) is 0 Å². The molecule has 0 aliphatic carbocycles. The molecule has 0 saturated carbocycles. The van der Waals surface area contributed by atoms with Crippen LogP contribution in [0.5, 0.6) is 0 Å². The molecule has 2 N–H and O–H groups in total. The molecule has 11 heavy (non-hydrogen) atoms. The molecule has 0 saturated heterocycles. The van der Waals surface area contributed by atoms with Gasteiger partial charge in [0.05, 0.1) is 0 Å². The number of hydrogen-bond acceptors (Lipinski definition) is 2. The van der Waals surface area contributed by atoms with Gasteiger partial charge >= 0.3 is 0 Å². The quantitative estimate of drug-likeness (QED) is 0.604. The standard InChI is InChI=1S/C9H16O2/c1-4-6-8(10)9(3,11)7-5-2/h4-8,10-11H,1-3H3/b6-4+,7-5+. The molecule has 0 bridgehead atoms. The van der Waals surface area contributed by atoms with Crippen molar-refractivity contribution >= 4 is 0 Å². The summed E-state index contributed by atoms with van der Waals surface area (Å²) >= 11 is 0. The second-order valence-electron chi connectivity index (χ2n) is 2.70. The Kier molecular flexibility index (Phi) is 4.08. The zero-order valence-electron chi connectivity index (χ0n) is 7.28. The first kappa shape index (κ1) is 10.4. The molecule has 2 heteroatoms. The van der Waals surface area contributed by atoms with E-state index in [1.165, 1.54) is 0 Å². The maximum absolute atomic E-state index is 9.53. The molecule has 0 fully saturated rings. The third kappa shape index (κ3) is 3.35. The highest BCUT2D eigenvalue weighted by molar-refractivity contribution is 5.07. The minimum atomic E-state index is -1.15. The summed E-state index contributed by atoms with van der Waals surface area (Å²) in [6.07, 6.45) is 5.72. The molecule has 2 atom stereocenters.